The summed E-state index contributed by atoms with van der Waals surface area (Å²) in [4.78, 5) is 28.3. The van der Waals surface area contributed by atoms with Gasteiger partial charge in [0.15, 0.2) is 0 Å². The van der Waals surface area contributed by atoms with E-state index in [2.05, 4.69) is 5.32 Å². The molecule has 10 heteroatoms. The number of halogens is 2. The first-order valence-electron chi connectivity index (χ1n) is 12.5. The highest BCUT2D eigenvalue weighted by molar-refractivity contribution is 7.92. The van der Waals surface area contributed by atoms with Crippen molar-refractivity contribution in [1.82, 2.24) is 10.2 Å². The number of sulfonamides is 1. The highest BCUT2D eigenvalue weighted by Gasteiger charge is 2.32. The van der Waals surface area contributed by atoms with E-state index in [0.29, 0.717) is 21.3 Å². The van der Waals surface area contributed by atoms with E-state index in [-0.39, 0.29) is 23.4 Å². The Balaban J connectivity index is 2.04. The number of rotatable bonds is 10. The highest BCUT2D eigenvalue weighted by atomic mass is 35.5. The minimum atomic E-state index is -4.12. The number of aryl methyl sites for hydroxylation is 2. The second kappa shape index (κ2) is 12.9. The largest absolute Gasteiger partial charge is 0.352 e. The molecule has 0 fully saturated rings. The number of hydrogen-bond donors (Lipinski definition) is 1. The molecule has 0 spiro atoms. The molecular weight excluding hydrogens is 557 g/mol. The van der Waals surface area contributed by atoms with Crippen LogP contribution in [0.3, 0.4) is 0 Å². The van der Waals surface area contributed by atoms with Crippen LogP contribution < -0.4 is 9.62 Å². The van der Waals surface area contributed by atoms with Crippen LogP contribution >= 0.6 is 23.2 Å². The lowest BCUT2D eigenvalue weighted by Gasteiger charge is -2.32. The minimum absolute atomic E-state index is 0.0225. The van der Waals surface area contributed by atoms with Crippen molar-refractivity contribution >= 4 is 50.7 Å². The third-order valence-corrected chi connectivity index (χ3v) is 8.67. The van der Waals surface area contributed by atoms with Crippen molar-refractivity contribution in [2.45, 2.75) is 58.1 Å². The van der Waals surface area contributed by atoms with Gasteiger partial charge in [-0.3, -0.25) is 13.9 Å². The summed E-state index contributed by atoms with van der Waals surface area (Å²) in [6, 6.07) is 17.2. The van der Waals surface area contributed by atoms with E-state index in [4.69, 9.17) is 23.2 Å². The molecular formula is C29H33Cl2N3O4S. The van der Waals surface area contributed by atoms with Gasteiger partial charge in [-0.1, -0.05) is 64.7 Å². The standard InChI is InChI=1S/C29H33Cl2N3O4S/c1-19(2)32-29(36)22(5)33(17-23-10-15-26(30)27(31)16-23)28(35)18-34(24-11-6-20(3)7-12-24)39(37,38)25-13-8-21(4)9-14-25/h6-16,19,22H,17-18H2,1-5H3,(H,32,36)/t22-/m1/s1. The summed E-state index contributed by atoms with van der Waals surface area (Å²) in [6.45, 7) is 8.52. The molecule has 0 unspecified atom stereocenters. The molecule has 0 saturated heterocycles. The van der Waals surface area contributed by atoms with Crippen LogP contribution in [0.25, 0.3) is 0 Å². The lowest BCUT2D eigenvalue weighted by molar-refractivity contribution is -0.139. The first-order valence-corrected chi connectivity index (χ1v) is 14.7. The average molecular weight is 591 g/mol. The van der Waals surface area contributed by atoms with Crippen LogP contribution in [0.15, 0.2) is 71.6 Å². The summed E-state index contributed by atoms with van der Waals surface area (Å²) in [7, 11) is -4.12. The predicted octanol–water partition coefficient (Wildman–Crippen LogP) is 5.75. The van der Waals surface area contributed by atoms with Crippen LogP contribution in [0.4, 0.5) is 5.69 Å². The molecule has 3 aromatic rings. The lowest BCUT2D eigenvalue weighted by atomic mass is 10.1. The number of nitrogens with one attached hydrogen (secondary N) is 1. The fourth-order valence-corrected chi connectivity index (χ4v) is 5.63. The smallest absolute Gasteiger partial charge is 0.264 e. The summed E-state index contributed by atoms with van der Waals surface area (Å²) in [5.41, 5.74) is 2.83. The summed E-state index contributed by atoms with van der Waals surface area (Å²) >= 11 is 12.3. The maximum Gasteiger partial charge on any atom is 0.264 e. The third-order valence-electron chi connectivity index (χ3n) is 6.14. The van der Waals surface area contributed by atoms with Gasteiger partial charge < -0.3 is 10.2 Å². The van der Waals surface area contributed by atoms with Crippen LogP contribution in [0.2, 0.25) is 10.0 Å². The minimum Gasteiger partial charge on any atom is -0.352 e. The molecule has 0 saturated carbocycles. The Bertz CT molecular complexity index is 1430. The average Bonchev–Trinajstić information content (AvgIpc) is 2.87. The van der Waals surface area contributed by atoms with Gasteiger partial charge in [0.2, 0.25) is 11.8 Å². The second-order valence-electron chi connectivity index (χ2n) is 9.77. The highest BCUT2D eigenvalue weighted by Crippen LogP contribution is 2.27. The van der Waals surface area contributed by atoms with E-state index >= 15 is 0 Å². The first-order chi connectivity index (χ1) is 18.3. The Kier molecular flexibility index (Phi) is 10.0. The Morgan fingerprint density at radius 1 is 0.846 bits per heavy atom. The van der Waals surface area contributed by atoms with E-state index in [1.807, 2.05) is 27.7 Å². The van der Waals surface area contributed by atoms with Crippen molar-refractivity contribution < 1.29 is 18.0 Å². The van der Waals surface area contributed by atoms with E-state index in [9.17, 15) is 18.0 Å². The summed E-state index contributed by atoms with van der Waals surface area (Å²) in [6.07, 6.45) is 0. The zero-order chi connectivity index (χ0) is 28.9. The predicted molar refractivity (Wildman–Crippen MR) is 157 cm³/mol. The Morgan fingerprint density at radius 2 is 1.41 bits per heavy atom. The second-order valence-corrected chi connectivity index (χ2v) is 12.4. The number of benzene rings is 3. The van der Waals surface area contributed by atoms with Gasteiger partial charge in [-0.05, 0) is 76.6 Å². The van der Waals surface area contributed by atoms with Crippen LogP contribution in [0.1, 0.15) is 37.5 Å². The van der Waals surface area contributed by atoms with Gasteiger partial charge in [0.25, 0.3) is 10.0 Å². The molecule has 0 heterocycles. The lowest BCUT2D eigenvalue weighted by Crippen LogP contribution is -2.52. The monoisotopic (exact) mass is 589 g/mol. The number of nitrogens with zero attached hydrogens (tertiary/aromatic N) is 2. The molecule has 39 heavy (non-hydrogen) atoms. The molecule has 208 valence electrons. The summed E-state index contributed by atoms with van der Waals surface area (Å²) < 4.78 is 28.7. The van der Waals surface area contributed by atoms with Gasteiger partial charge in [0.1, 0.15) is 12.6 Å². The van der Waals surface area contributed by atoms with Crippen molar-refractivity contribution in [2.75, 3.05) is 10.8 Å². The summed E-state index contributed by atoms with van der Waals surface area (Å²) in [5.74, 6) is -0.912. The van der Waals surface area contributed by atoms with E-state index < -0.39 is 28.5 Å². The molecule has 3 aromatic carbocycles. The normalized spacial score (nSPS) is 12.2. The van der Waals surface area contributed by atoms with Crippen LogP contribution in [-0.2, 0) is 26.2 Å². The maximum atomic E-state index is 13.9. The van der Waals surface area contributed by atoms with E-state index in [1.54, 1.807) is 61.5 Å². The third kappa shape index (κ3) is 7.75. The summed E-state index contributed by atoms with van der Waals surface area (Å²) in [5, 5.41) is 3.49. The van der Waals surface area contributed by atoms with Gasteiger partial charge in [0, 0.05) is 12.6 Å². The van der Waals surface area contributed by atoms with Gasteiger partial charge in [-0.25, -0.2) is 8.42 Å². The van der Waals surface area contributed by atoms with Gasteiger partial charge >= 0.3 is 0 Å². The van der Waals surface area contributed by atoms with Crippen molar-refractivity contribution in [3.8, 4) is 0 Å². The fraction of sp³-hybridized carbons (Fsp3) is 0.310. The first kappa shape index (κ1) is 30.5. The number of carbonyl (C=O) groups is 2. The molecule has 0 aliphatic carbocycles. The fourth-order valence-electron chi connectivity index (χ4n) is 3.90. The van der Waals surface area contributed by atoms with Crippen molar-refractivity contribution in [3.63, 3.8) is 0 Å². The van der Waals surface area contributed by atoms with Crippen LogP contribution in [0, 0.1) is 13.8 Å². The van der Waals surface area contributed by atoms with Crippen molar-refractivity contribution in [2.24, 2.45) is 0 Å². The van der Waals surface area contributed by atoms with Crippen LogP contribution in [0.5, 0.6) is 0 Å². The molecule has 0 bridgehead atoms. The number of hydrogen-bond acceptors (Lipinski definition) is 4. The molecule has 0 aromatic heterocycles. The molecule has 2 amide bonds. The number of carbonyl (C=O) groups excluding carboxylic acids is 2. The van der Waals surface area contributed by atoms with Crippen LogP contribution in [-0.4, -0.2) is 43.8 Å². The molecule has 0 aliphatic rings. The zero-order valence-electron chi connectivity index (χ0n) is 22.6. The van der Waals surface area contributed by atoms with E-state index in [0.717, 1.165) is 15.4 Å². The van der Waals surface area contributed by atoms with Gasteiger partial charge in [0.05, 0.1) is 20.6 Å². The Morgan fingerprint density at radius 3 is 1.95 bits per heavy atom. The molecule has 0 radical (unpaired) electrons. The molecule has 7 nitrogen and oxygen atoms in total. The van der Waals surface area contributed by atoms with E-state index in [1.165, 1.54) is 17.0 Å². The zero-order valence-corrected chi connectivity index (χ0v) is 24.9. The van der Waals surface area contributed by atoms with Gasteiger partial charge in [-0.2, -0.15) is 0 Å². The molecule has 0 aliphatic heterocycles. The Hall–Kier alpha value is -3.07. The number of amides is 2. The Labute approximate surface area is 240 Å². The maximum absolute atomic E-state index is 13.9. The SMILES string of the molecule is Cc1ccc(N(CC(=O)N(Cc2ccc(Cl)c(Cl)c2)[C@H](C)C(=O)NC(C)C)S(=O)(=O)c2ccc(C)cc2)cc1. The quantitative estimate of drug-likeness (QED) is 0.326. The molecule has 1 atom stereocenters. The molecule has 1 N–H and O–H groups in total. The van der Waals surface area contributed by atoms with Crippen molar-refractivity contribution in [1.29, 1.82) is 0 Å². The van der Waals surface area contributed by atoms with Gasteiger partial charge in [-0.15, -0.1) is 0 Å². The number of anilines is 1. The molecule has 3 rings (SSSR count). The topological polar surface area (TPSA) is 86.8 Å². The van der Waals surface area contributed by atoms with Crippen molar-refractivity contribution in [3.05, 3.63) is 93.5 Å².